The van der Waals surface area contributed by atoms with Gasteiger partial charge in [-0.25, -0.2) is 4.68 Å². The molecule has 0 spiro atoms. The van der Waals surface area contributed by atoms with E-state index in [0.717, 1.165) is 16.8 Å². The Morgan fingerprint density at radius 2 is 2.13 bits per heavy atom. The maximum atomic E-state index is 9.13. The summed E-state index contributed by atoms with van der Waals surface area (Å²) >= 11 is 0. The zero-order chi connectivity index (χ0) is 10.8. The van der Waals surface area contributed by atoms with Gasteiger partial charge in [-0.05, 0) is 31.0 Å². The fraction of sp³-hybridized carbons (Fsp3) is 0.273. The minimum absolute atomic E-state index is 0.0552. The van der Waals surface area contributed by atoms with Crippen LogP contribution < -0.4 is 0 Å². The van der Waals surface area contributed by atoms with Crippen molar-refractivity contribution in [3.05, 3.63) is 41.2 Å². The maximum Gasteiger partial charge on any atom is 0.0900 e. The van der Waals surface area contributed by atoms with Crippen LogP contribution in [-0.2, 0) is 6.61 Å². The van der Waals surface area contributed by atoms with Crippen LogP contribution in [0.2, 0.25) is 0 Å². The topological polar surface area (TPSA) is 50.9 Å². The highest BCUT2D eigenvalue weighted by Crippen LogP contribution is 2.16. The van der Waals surface area contributed by atoms with Crippen molar-refractivity contribution in [2.24, 2.45) is 0 Å². The first kappa shape index (κ1) is 9.86. The molecule has 0 atom stereocenters. The van der Waals surface area contributed by atoms with E-state index < -0.39 is 0 Å². The summed E-state index contributed by atoms with van der Waals surface area (Å²) in [6, 6.07) is 6.12. The van der Waals surface area contributed by atoms with Crippen LogP contribution in [0.4, 0.5) is 0 Å². The van der Waals surface area contributed by atoms with Crippen LogP contribution in [0.5, 0.6) is 0 Å². The Bertz CT molecular complexity index is 476. The third-order valence-electron chi connectivity index (χ3n) is 2.37. The molecule has 15 heavy (non-hydrogen) atoms. The molecule has 0 fully saturated rings. The van der Waals surface area contributed by atoms with Gasteiger partial charge < -0.3 is 5.11 Å². The average molecular weight is 203 g/mol. The Morgan fingerprint density at radius 1 is 1.33 bits per heavy atom. The molecule has 0 aliphatic heterocycles. The van der Waals surface area contributed by atoms with Crippen molar-refractivity contribution in [3.63, 3.8) is 0 Å². The Balaban J connectivity index is 2.58. The van der Waals surface area contributed by atoms with Crippen LogP contribution >= 0.6 is 0 Å². The van der Waals surface area contributed by atoms with Crippen molar-refractivity contribution >= 4 is 0 Å². The number of aliphatic hydroxyl groups is 1. The van der Waals surface area contributed by atoms with Gasteiger partial charge in [-0.1, -0.05) is 17.3 Å². The SMILES string of the molecule is Cc1ccc(C)c(-n2nncc2CO)c1. The number of benzene rings is 1. The number of hydrogen-bond donors (Lipinski definition) is 1. The summed E-state index contributed by atoms with van der Waals surface area (Å²) in [6.45, 7) is 3.98. The molecule has 2 aromatic rings. The minimum Gasteiger partial charge on any atom is -0.390 e. The average Bonchev–Trinajstić information content (AvgIpc) is 2.69. The molecule has 0 amide bonds. The molecular formula is C11H13N3O. The van der Waals surface area contributed by atoms with Gasteiger partial charge in [0.15, 0.2) is 0 Å². The Labute approximate surface area is 88.2 Å². The van der Waals surface area contributed by atoms with E-state index in [1.807, 2.05) is 32.0 Å². The largest absolute Gasteiger partial charge is 0.390 e. The molecular weight excluding hydrogens is 190 g/mol. The highest BCUT2D eigenvalue weighted by molar-refractivity contribution is 5.42. The number of rotatable bonds is 2. The first-order chi connectivity index (χ1) is 7.22. The van der Waals surface area contributed by atoms with Gasteiger partial charge in [-0.2, -0.15) is 0 Å². The molecule has 1 aromatic carbocycles. The number of aliphatic hydroxyl groups excluding tert-OH is 1. The van der Waals surface area contributed by atoms with Crippen LogP contribution in [-0.4, -0.2) is 20.1 Å². The van der Waals surface area contributed by atoms with E-state index in [9.17, 15) is 0 Å². The highest BCUT2D eigenvalue weighted by atomic mass is 16.3. The van der Waals surface area contributed by atoms with Crippen LogP contribution in [0.25, 0.3) is 5.69 Å². The standard InChI is InChI=1S/C11H13N3O/c1-8-3-4-9(2)11(5-8)14-10(7-15)6-12-13-14/h3-6,15H,7H2,1-2H3. The molecule has 4 nitrogen and oxygen atoms in total. The van der Waals surface area contributed by atoms with E-state index in [0.29, 0.717) is 5.69 Å². The molecule has 4 heteroatoms. The van der Waals surface area contributed by atoms with Gasteiger partial charge >= 0.3 is 0 Å². The third-order valence-corrected chi connectivity index (χ3v) is 2.37. The van der Waals surface area contributed by atoms with Gasteiger partial charge in [-0.3, -0.25) is 0 Å². The predicted octanol–water partition coefficient (Wildman–Crippen LogP) is 1.38. The molecule has 0 radical (unpaired) electrons. The van der Waals surface area contributed by atoms with Gasteiger partial charge in [0.25, 0.3) is 0 Å². The van der Waals surface area contributed by atoms with Gasteiger partial charge in [-0.15, -0.1) is 5.10 Å². The molecule has 1 heterocycles. The first-order valence-corrected chi connectivity index (χ1v) is 4.80. The van der Waals surface area contributed by atoms with E-state index in [1.54, 1.807) is 10.9 Å². The monoisotopic (exact) mass is 203 g/mol. The number of aryl methyl sites for hydroxylation is 2. The van der Waals surface area contributed by atoms with Crippen LogP contribution in [0, 0.1) is 13.8 Å². The number of nitrogens with zero attached hydrogens (tertiary/aromatic N) is 3. The molecule has 0 unspecified atom stereocenters. The van der Waals surface area contributed by atoms with Crippen LogP contribution in [0.1, 0.15) is 16.8 Å². The predicted molar refractivity (Wildman–Crippen MR) is 56.8 cm³/mol. The fourth-order valence-corrected chi connectivity index (χ4v) is 1.51. The van der Waals surface area contributed by atoms with E-state index in [-0.39, 0.29) is 6.61 Å². The Kier molecular flexibility index (Phi) is 2.51. The zero-order valence-corrected chi connectivity index (χ0v) is 8.81. The summed E-state index contributed by atoms with van der Waals surface area (Å²) in [5.74, 6) is 0. The summed E-state index contributed by atoms with van der Waals surface area (Å²) in [4.78, 5) is 0. The van der Waals surface area contributed by atoms with Crippen molar-refractivity contribution in [2.45, 2.75) is 20.5 Å². The summed E-state index contributed by atoms with van der Waals surface area (Å²) in [7, 11) is 0. The summed E-state index contributed by atoms with van der Waals surface area (Å²) in [5, 5.41) is 16.9. The lowest BCUT2D eigenvalue weighted by atomic mass is 10.1. The maximum absolute atomic E-state index is 9.13. The normalized spacial score (nSPS) is 10.6. The molecule has 1 N–H and O–H groups in total. The summed E-state index contributed by atoms with van der Waals surface area (Å²) in [5.41, 5.74) is 3.94. The Hall–Kier alpha value is -1.68. The van der Waals surface area contributed by atoms with Crippen molar-refractivity contribution in [1.29, 1.82) is 0 Å². The molecule has 0 saturated carbocycles. The summed E-state index contributed by atoms with van der Waals surface area (Å²) in [6.07, 6.45) is 1.57. The third kappa shape index (κ3) is 1.76. The van der Waals surface area contributed by atoms with E-state index in [1.165, 1.54) is 0 Å². The second kappa shape index (κ2) is 3.82. The first-order valence-electron chi connectivity index (χ1n) is 4.80. The Morgan fingerprint density at radius 3 is 2.87 bits per heavy atom. The van der Waals surface area contributed by atoms with Crippen molar-refractivity contribution in [3.8, 4) is 5.69 Å². The van der Waals surface area contributed by atoms with Gasteiger partial charge in [0.05, 0.1) is 24.2 Å². The van der Waals surface area contributed by atoms with E-state index in [2.05, 4.69) is 10.3 Å². The molecule has 2 rings (SSSR count). The number of aromatic nitrogens is 3. The van der Waals surface area contributed by atoms with E-state index >= 15 is 0 Å². The lowest BCUT2D eigenvalue weighted by molar-refractivity contribution is 0.273. The summed E-state index contributed by atoms with van der Waals surface area (Å²) < 4.78 is 1.67. The number of hydrogen-bond acceptors (Lipinski definition) is 3. The molecule has 1 aromatic heterocycles. The lowest BCUT2D eigenvalue weighted by Crippen LogP contribution is -2.04. The fourth-order valence-electron chi connectivity index (χ4n) is 1.51. The molecule has 0 bridgehead atoms. The highest BCUT2D eigenvalue weighted by Gasteiger charge is 2.07. The second-order valence-corrected chi connectivity index (χ2v) is 3.59. The molecule has 0 saturated heterocycles. The van der Waals surface area contributed by atoms with Crippen molar-refractivity contribution in [1.82, 2.24) is 15.0 Å². The van der Waals surface area contributed by atoms with E-state index in [4.69, 9.17) is 5.11 Å². The minimum atomic E-state index is -0.0552. The van der Waals surface area contributed by atoms with Crippen molar-refractivity contribution < 1.29 is 5.11 Å². The molecule has 78 valence electrons. The quantitative estimate of drug-likeness (QED) is 0.802. The lowest BCUT2D eigenvalue weighted by Gasteiger charge is -2.08. The molecule has 0 aliphatic carbocycles. The van der Waals surface area contributed by atoms with Crippen LogP contribution in [0.3, 0.4) is 0 Å². The zero-order valence-electron chi connectivity index (χ0n) is 8.81. The second-order valence-electron chi connectivity index (χ2n) is 3.59. The van der Waals surface area contributed by atoms with Gasteiger partial charge in [0.1, 0.15) is 0 Å². The van der Waals surface area contributed by atoms with Crippen molar-refractivity contribution in [2.75, 3.05) is 0 Å². The van der Waals surface area contributed by atoms with Gasteiger partial charge in [0.2, 0.25) is 0 Å². The molecule has 0 aliphatic rings. The van der Waals surface area contributed by atoms with Gasteiger partial charge in [0, 0.05) is 0 Å². The smallest absolute Gasteiger partial charge is 0.0900 e. The van der Waals surface area contributed by atoms with Crippen LogP contribution in [0.15, 0.2) is 24.4 Å².